The summed E-state index contributed by atoms with van der Waals surface area (Å²) < 4.78 is 1.12. The summed E-state index contributed by atoms with van der Waals surface area (Å²) in [5.74, 6) is 0. The fourth-order valence-corrected chi connectivity index (χ4v) is 4.16. The van der Waals surface area contributed by atoms with E-state index in [1.165, 1.54) is 31.2 Å². The molecule has 1 atom stereocenters. The third kappa shape index (κ3) is 1.67. The Hall–Kier alpha value is -0.380. The van der Waals surface area contributed by atoms with Crippen molar-refractivity contribution in [2.45, 2.75) is 43.3 Å². The third-order valence-corrected chi connectivity index (χ3v) is 5.35. The van der Waals surface area contributed by atoms with Crippen LogP contribution in [0.5, 0.6) is 0 Å². The Morgan fingerprint density at radius 2 is 2.12 bits per heavy atom. The second-order valence-electron chi connectivity index (χ2n) is 5.48. The highest BCUT2D eigenvalue weighted by Gasteiger charge is 2.53. The third-order valence-electron chi connectivity index (χ3n) is 4.86. The molecule has 2 saturated heterocycles. The Bertz CT molecular complexity index is 424. The maximum absolute atomic E-state index is 6.57. The van der Waals surface area contributed by atoms with E-state index in [1.54, 1.807) is 0 Å². The quantitative estimate of drug-likeness (QED) is 0.908. The summed E-state index contributed by atoms with van der Waals surface area (Å²) in [5, 5.41) is 0. The van der Waals surface area contributed by atoms with E-state index in [0.717, 1.165) is 10.5 Å². The molecular weight excluding hydrogens is 276 g/mol. The van der Waals surface area contributed by atoms with Gasteiger partial charge >= 0.3 is 0 Å². The maximum atomic E-state index is 6.57. The van der Waals surface area contributed by atoms with Crippen molar-refractivity contribution in [1.82, 2.24) is 4.90 Å². The molecule has 2 nitrogen and oxygen atoms in total. The molecule has 2 fully saturated rings. The summed E-state index contributed by atoms with van der Waals surface area (Å²) in [5.41, 5.74) is 8.04. The molecule has 92 valence electrons. The Morgan fingerprint density at radius 1 is 1.41 bits per heavy atom. The molecule has 3 rings (SSSR count). The number of likely N-dealkylation sites (N-methyl/N-ethyl adjacent to an activating group) is 1. The molecule has 0 amide bonds. The minimum atomic E-state index is 0.137. The van der Waals surface area contributed by atoms with Crippen LogP contribution in [-0.2, 0) is 0 Å². The van der Waals surface area contributed by atoms with Crippen LogP contribution in [0.2, 0.25) is 0 Å². The molecule has 2 aliphatic heterocycles. The first kappa shape index (κ1) is 11.7. The van der Waals surface area contributed by atoms with Crippen molar-refractivity contribution >= 4 is 15.9 Å². The lowest BCUT2D eigenvalue weighted by Crippen LogP contribution is -2.47. The van der Waals surface area contributed by atoms with Crippen LogP contribution in [0.4, 0.5) is 0 Å². The van der Waals surface area contributed by atoms with Crippen molar-refractivity contribution in [3.8, 4) is 0 Å². The first-order valence-corrected chi connectivity index (χ1v) is 7.17. The zero-order valence-electron chi connectivity index (χ0n) is 10.2. The molecule has 17 heavy (non-hydrogen) atoms. The van der Waals surface area contributed by atoms with E-state index in [4.69, 9.17) is 5.73 Å². The minimum Gasteiger partial charge on any atom is -0.322 e. The second-order valence-corrected chi connectivity index (χ2v) is 6.39. The summed E-state index contributed by atoms with van der Waals surface area (Å²) in [6.45, 7) is 0. The van der Waals surface area contributed by atoms with Crippen molar-refractivity contribution in [3.63, 3.8) is 0 Å². The van der Waals surface area contributed by atoms with E-state index in [9.17, 15) is 0 Å². The molecular formula is C14H19BrN2. The largest absolute Gasteiger partial charge is 0.322 e. The topological polar surface area (TPSA) is 29.3 Å². The van der Waals surface area contributed by atoms with Gasteiger partial charge in [-0.15, -0.1) is 0 Å². The predicted octanol–water partition coefficient (Wildman–Crippen LogP) is 3.08. The lowest BCUT2D eigenvalue weighted by atomic mass is 9.79. The van der Waals surface area contributed by atoms with Crippen LogP contribution in [-0.4, -0.2) is 23.5 Å². The van der Waals surface area contributed by atoms with Gasteiger partial charge < -0.3 is 5.73 Å². The predicted molar refractivity (Wildman–Crippen MR) is 73.8 cm³/mol. The Labute approximate surface area is 111 Å². The van der Waals surface area contributed by atoms with Gasteiger partial charge in [0.15, 0.2) is 0 Å². The average Bonchev–Trinajstić information content (AvgIpc) is 2.83. The van der Waals surface area contributed by atoms with Gasteiger partial charge in [0.25, 0.3) is 0 Å². The van der Waals surface area contributed by atoms with E-state index < -0.39 is 0 Å². The fourth-order valence-electron chi connectivity index (χ4n) is 3.75. The highest BCUT2D eigenvalue weighted by molar-refractivity contribution is 9.10. The summed E-state index contributed by atoms with van der Waals surface area (Å²) in [6, 6.07) is 9.37. The summed E-state index contributed by atoms with van der Waals surface area (Å²) in [4.78, 5) is 2.54. The van der Waals surface area contributed by atoms with E-state index in [2.05, 4.69) is 52.1 Å². The summed E-state index contributed by atoms with van der Waals surface area (Å²) in [6.07, 6.45) is 5.14. The molecule has 0 aliphatic carbocycles. The number of hydrogen-bond acceptors (Lipinski definition) is 2. The Kier molecular flexibility index (Phi) is 2.80. The standard InChI is InChI=1S/C14H19BrN2/c1-17-12-5-7-14(17,8-6-12)13(16)10-3-2-4-11(15)9-10/h2-4,9,12-13H,5-8,16H2,1H3. The van der Waals surface area contributed by atoms with E-state index >= 15 is 0 Å². The number of hydrogen-bond donors (Lipinski definition) is 1. The second kappa shape index (κ2) is 4.08. The van der Waals surface area contributed by atoms with Crippen molar-refractivity contribution in [2.75, 3.05) is 7.05 Å². The van der Waals surface area contributed by atoms with E-state index in [-0.39, 0.29) is 11.6 Å². The van der Waals surface area contributed by atoms with Gasteiger partial charge in [0, 0.05) is 22.1 Å². The lowest BCUT2D eigenvalue weighted by Gasteiger charge is -2.38. The number of rotatable bonds is 2. The average molecular weight is 295 g/mol. The molecule has 2 N–H and O–H groups in total. The highest BCUT2D eigenvalue weighted by Crippen LogP contribution is 2.50. The van der Waals surface area contributed by atoms with Gasteiger partial charge in [-0.3, -0.25) is 4.90 Å². The first-order chi connectivity index (χ1) is 8.13. The smallest absolute Gasteiger partial charge is 0.0482 e. The van der Waals surface area contributed by atoms with Crippen molar-refractivity contribution in [1.29, 1.82) is 0 Å². The molecule has 0 spiro atoms. The van der Waals surface area contributed by atoms with Gasteiger partial charge in [0.05, 0.1) is 0 Å². The minimum absolute atomic E-state index is 0.137. The SMILES string of the molecule is CN1C2CCC1(C(N)c1cccc(Br)c1)CC2. The molecule has 1 unspecified atom stereocenters. The van der Waals surface area contributed by atoms with Crippen LogP contribution in [0.3, 0.4) is 0 Å². The molecule has 0 aromatic heterocycles. The Balaban J connectivity index is 1.94. The Morgan fingerprint density at radius 3 is 2.65 bits per heavy atom. The van der Waals surface area contributed by atoms with E-state index in [0.29, 0.717) is 0 Å². The molecule has 1 aromatic rings. The number of nitrogens with zero attached hydrogens (tertiary/aromatic N) is 1. The van der Waals surface area contributed by atoms with Gasteiger partial charge in [0.1, 0.15) is 0 Å². The molecule has 2 bridgehead atoms. The van der Waals surface area contributed by atoms with E-state index in [1.807, 2.05) is 0 Å². The molecule has 0 radical (unpaired) electrons. The van der Waals surface area contributed by atoms with Crippen LogP contribution < -0.4 is 5.73 Å². The van der Waals surface area contributed by atoms with Gasteiger partial charge in [-0.1, -0.05) is 28.1 Å². The molecule has 3 heteroatoms. The maximum Gasteiger partial charge on any atom is 0.0482 e. The molecule has 0 saturated carbocycles. The molecule has 1 aromatic carbocycles. The van der Waals surface area contributed by atoms with Crippen molar-refractivity contribution in [3.05, 3.63) is 34.3 Å². The first-order valence-electron chi connectivity index (χ1n) is 6.37. The number of halogens is 1. The van der Waals surface area contributed by atoms with Crippen LogP contribution in [0.1, 0.15) is 37.3 Å². The van der Waals surface area contributed by atoms with Crippen molar-refractivity contribution in [2.24, 2.45) is 5.73 Å². The van der Waals surface area contributed by atoms with Gasteiger partial charge in [-0.25, -0.2) is 0 Å². The monoisotopic (exact) mass is 294 g/mol. The fraction of sp³-hybridized carbons (Fsp3) is 0.571. The van der Waals surface area contributed by atoms with Crippen LogP contribution in [0.15, 0.2) is 28.7 Å². The number of fused-ring (bicyclic) bond motifs is 2. The normalized spacial score (nSPS) is 34.2. The van der Waals surface area contributed by atoms with Crippen LogP contribution >= 0.6 is 15.9 Å². The van der Waals surface area contributed by atoms with Crippen molar-refractivity contribution < 1.29 is 0 Å². The number of nitrogens with two attached hydrogens (primary N) is 1. The van der Waals surface area contributed by atoms with Gasteiger partial charge in [-0.05, 0) is 50.4 Å². The zero-order chi connectivity index (χ0) is 12.0. The van der Waals surface area contributed by atoms with Crippen LogP contribution in [0, 0.1) is 0 Å². The molecule has 2 heterocycles. The highest BCUT2D eigenvalue weighted by atomic mass is 79.9. The summed E-state index contributed by atoms with van der Waals surface area (Å²) in [7, 11) is 2.25. The lowest BCUT2D eigenvalue weighted by molar-refractivity contribution is 0.158. The zero-order valence-corrected chi connectivity index (χ0v) is 11.8. The van der Waals surface area contributed by atoms with Gasteiger partial charge in [0.2, 0.25) is 0 Å². The molecule has 2 aliphatic rings. The number of benzene rings is 1. The van der Waals surface area contributed by atoms with Gasteiger partial charge in [-0.2, -0.15) is 0 Å². The van der Waals surface area contributed by atoms with Crippen LogP contribution in [0.25, 0.3) is 0 Å². The summed E-state index contributed by atoms with van der Waals surface area (Å²) >= 11 is 3.53.